The summed E-state index contributed by atoms with van der Waals surface area (Å²) in [5, 5.41) is 2.67. The molecule has 1 aromatic rings. The fourth-order valence-corrected chi connectivity index (χ4v) is 2.31. The van der Waals surface area contributed by atoms with Gasteiger partial charge in [-0.15, -0.1) is 0 Å². The maximum Gasteiger partial charge on any atom is 0.407 e. The SMILES string of the molecule is COC(=O)NC1CCCN(C(=O)c2ccccc2F)C1. The average Bonchev–Trinajstić information content (AvgIpc) is 2.47. The minimum atomic E-state index is -0.527. The van der Waals surface area contributed by atoms with Gasteiger partial charge in [0.2, 0.25) is 0 Å². The number of ether oxygens (including phenoxy) is 1. The van der Waals surface area contributed by atoms with Crippen LogP contribution in [-0.4, -0.2) is 43.1 Å². The number of halogens is 1. The standard InChI is InChI=1S/C14H17FN2O3/c1-20-14(19)16-10-5-4-8-17(9-10)13(18)11-6-2-3-7-12(11)15/h2-3,6-7,10H,4-5,8-9H2,1H3,(H,16,19). The summed E-state index contributed by atoms with van der Waals surface area (Å²) in [4.78, 5) is 25.0. The molecule has 0 saturated carbocycles. The zero-order chi connectivity index (χ0) is 14.5. The molecule has 0 bridgehead atoms. The zero-order valence-corrected chi connectivity index (χ0v) is 11.3. The number of amides is 2. The Morgan fingerprint density at radius 3 is 2.85 bits per heavy atom. The molecule has 1 heterocycles. The van der Waals surface area contributed by atoms with Crippen LogP contribution >= 0.6 is 0 Å². The van der Waals surface area contributed by atoms with E-state index in [4.69, 9.17) is 0 Å². The quantitative estimate of drug-likeness (QED) is 0.898. The molecule has 6 heteroatoms. The molecule has 1 aliphatic rings. The van der Waals surface area contributed by atoms with Crippen molar-refractivity contribution in [2.24, 2.45) is 0 Å². The van der Waals surface area contributed by atoms with Gasteiger partial charge in [-0.2, -0.15) is 0 Å². The predicted molar refractivity (Wildman–Crippen MR) is 70.9 cm³/mol. The van der Waals surface area contributed by atoms with Crippen LogP contribution in [0.2, 0.25) is 0 Å². The van der Waals surface area contributed by atoms with Gasteiger partial charge in [-0.25, -0.2) is 9.18 Å². The van der Waals surface area contributed by atoms with Crippen LogP contribution in [0, 0.1) is 5.82 Å². The van der Waals surface area contributed by atoms with Gasteiger partial charge in [0.05, 0.1) is 12.7 Å². The van der Waals surface area contributed by atoms with Crippen molar-refractivity contribution >= 4 is 12.0 Å². The zero-order valence-electron chi connectivity index (χ0n) is 11.3. The highest BCUT2D eigenvalue weighted by atomic mass is 19.1. The molecule has 20 heavy (non-hydrogen) atoms. The minimum Gasteiger partial charge on any atom is -0.453 e. The van der Waals surface area contributed by atoms with E-state index in [0.29, 0.717) is 13.1 Å². The van der Waals surface area contributed by atoms with E-state index in [1.807, 2.05) is 0 Å². The number of nitrogens with one attached hydrogen (secondary N) is 1. The summed E-state index contributed by atoms with van der Waals surface area (Å²) in [6.45, 7) is 0.925. The number of rotatable bonds is 2. The number of carbonyl (C=O) groups excluding carboxylic acids is 2. The fraction of sp³-hybridized carbons (Fsp3) is 0.429. The molecule has 2 amide bonds. The number of alkyl carbamates (subject to hydrolysis) is 1. The highest BCUT2D eigenvalue weighted by Crippen LogP contribution is 2.16. The Hall–Kier alpha value is -2.11. The van der Waals surface area contributed by atoms with E-state index in [2.05, 4.69) is 10.1 Å². The van der Waals surface area contributed by atoms with Gasteiger partial charge in [-0.1, -0.05) is 12.1 Å². The summed E-state index contributed by atoms with van der Waals surface area (Å²) in [6, 6.07) is 5.75. The van der Waals surface area contributed by atoms with Crippen LogP contribution in [0.4, 0.5) is 9.18 Å². The van der Waals surface area contributed by atoms with Crippen LogP contribution in [-0.2, 0) is 4.74 Å². The number of methoxy groups -OCH3 is 1. The first-order valence-corrected chi connectivity index (χ1v) is 6.50. The number of piperidine rings is 1. The van der Waals surface area contributed by atoms with E-state index >= 15 is 0 Å². The molecule has 0 spiro atoms. The van der Waals surface area contributed by atoms with Gasteiger partial charge in [-0.05, 0) is 25.0 Å². The van der Waals surface area contributed by atoms with Crippen molar-refractivity contribution in [1.82, 2.24) is 10.2 Å². The van der Waals surface area contributed by atoms with Crippen molar-refractivity contribution in [2.45, 2.75) is 18.9 Å². The molecule has 108 valence electrons. The first-order chi connectivity index (χ1) is 9.61. The molecule has 0 radical (unpaired) electrons. The topological polar surface area (TPSA) is 58.6 Å². The Bertz CT molecular complexity index is 507. The van der Waals surface area contributed by atoms with Crippen LogP contribution in [0.15, 0.2) is 24.3 Å². The molecule has 1 fully saturated rings. The van der Waals surface area contributed by atoms with Crippen LogP contribution in [0.1, 0.15) is 23.2 Å². The van der Waals surface area contributed by atoms with Crippen molar-refractivity contribution in [3.63, 3.8) is 0 Å². The third kappa shape index (κ3) is 3.26. The number of hydrogen-bond donors (Lipinski definition) is 1. The number of benzene rings is 1. The van der Waals surface area contributed by atoms with Gasteiger partial charge >= 0.3 is 6.09 Å². The number of likely N-dealkylation sites (tertiary alicyclic amines) is 1. The van der Waals surface area contributed by atoms with Gasteiger partial charge in [0.25, 0.3) is 5.91 Å². The lowest BCUT2D eigenvalue weighted by atomic mass is 10.0. The normalized spacial score (nSPS) is 18.5. The fourth-order valence-electron chi connectivity index (χ4n) is 2.31. The monoisotopic (exact) mass is 280 g/mol. The van der Waals surface area contributed by atoms with Gasteiger partial charge < -0.3 is 15.0 Å². The van der Waals surface area contributed by atoms with E-state index < -0.39 is 11.9 Å². The maximum atomic E-state index is 13.6. The van der Waals surface area contributed by atoms with Crippen LogP contribution in [0.5, 0.6) is 0 Å². The summed E-state index contributed by atoms with van der Waals surface area (Å²) in [6.07, 6.45) is 1.01. The molecule has 1 aromatic carbocycles. The summed E-state index contributed by atoms with van der Waals surface area (Å²) in [5.74, 6) is -0.875. The second-order valence-corrected chi connectivity index (χ2v) is 4.71. The molecule has 5 nitrogen and oxygen atoms in total. The highest BCUT2D eigenvalue weighted by Gasteiger charge is 2.26. The average molecular weight is 280 g/mol. The minimum absolute atomic E-state index is 0.0613. The van der Waals surface area contributed by atoms with E-state index in [0.717, 1.165) is 12.8 Å². The van der Waals surface area contributed by atoms with Crippen molar-refractivity contribution in [3.05, 3.63) is 35.6 Å². The van der Waals surface area contributed by atoms with E-state index in [1.165, 1.54) is 19.2 Å². The Morgan fingerprint density at radius 2 is 2.15 bits per heavy atom. The lowest BCUT2D eigenvalue weighted by Gasteiger charge is -2.32. The predicted octanol–water partition coefficient (Wildman–Crippen LogP) is 1.79. The maximum absolute atomic E-state index is 13.6. The number of hydrogen-bond acceptors (Lipinski definition) is 3. The third-order valence-corrected chi connectivity index (χ3v) is 3.32. The second-order valence-electron chi connectivity index (χ2n) is 4.71. The molecule has 1 saturated heterocycles. The van der Waals surface area contributed by atoms with Gasteiger partial charge in [-0.3, -0.25) is 4.79 Å². The molecule has 1 atom stereocenters. The highest BCUT2D eigenvalue weighted by molar-refractivity contribution is 5.94. The van der Waals surface area contributed by atoms with Crippen molar-refractivity contribution in [3.8, 4) is 0 Å². The molecule has 1 unspecified atom stereocenters. The Balaban J connectivity index is 2.03. The van der Waals surface area contributed by atoms with Crippen LogP contribution in [0.3, 0.4) is 0 Å². The van der Waals surface area contributed by atoms with E-state index in [-0.39, 0.29) is 17.5 Å². The van der Waals surface area contributed by atoms with Gasteiger partial charge in [0, 0.05) is 19.1 Å². The smallest absolute Gasteiger partial charge is 0.407 e. The molecule has 2 rings (SSSR count). The molecular formula is C14H17FN2O3. The van der Waals surface area contributed by atoms with Crippen molar-refractivity contribution < 1.29 is 18.7 Å². The third-order valence-electron chi connectivity index (χ3n) is 3.32. The summed E-state index contributed by atoms with van der Waals surface area (Å²) in [7, 11) is 1.29. The van der Waals surface area contributed by atoms with Gasteiger partial charge in [0.1, 0.15) is 5.82 Å². The first-order valence-electron chi connectivity index (χ1n) is 6.50. The lowest BCUT2D eigenvalue weighted by Crippen LogP contribution is -2.49. The molecule has 0 aromatic heterocycles. The number of carbonyl (C=O) groups is 2. The van der Waals surface area contributed by atoms with Crippen molar-refractivity contribution in [1.29, 1.82) is 0 Å². The Labute approximate surface area is 116 Å². The molecule has 0 aliphatic carbocycles. The lowest BCUT2D eigenvalue weighted by molar-refractivity contribution is 0.0685. The number of nitrogens with zero attached hydrogens (tertiary/aromatic N) is 1. The summed E-state index contributed by atoms with van der Waals surface area (Å²) >= 11 is 0. The summed E-state index contributed by atoms with van der Waals surface area (Å²) in [5.41, 5.74) is 0.0613. The van der Waals surface area contributed by atoms with Crippen LogP contribution < -0.4 is 5.32 Å². The van der Waals surface area contributed by atoms with Crippen molar-refractivity contribution in [2.75, 3.05) is 20.2 Å². The molecular weight excluding hydrogens is 263 g/mol. The van der Waals surface area contributed by atoms with E-state index in [9.17, 15) is 14.0 Å². The Morgan fingerprint density at radius 1 is 1.40 bits per heavy atom. The van der Waals surface area contributed by atoms with E-state index in [1.54, 1.807) is 17.0 Å². The largest absolute Gasteiger partial charge is 0.453 e. The Kier molecular flexibility index (Phi) is 4.55. The second kappa shape index (κ2) is 6.36. The van der Waals surface area contributed by atoms with Crippen LogP contribution in [0.25, 0.3) is 0 Å². The summed E-state index contributed by atoms with van der Waals surface area (Å²) < 4.78 is 18.2. The molecule has 1 N–H and O–H groups in total. The molecule has 1 aliphatic heterocycles. The van der Waals surface area contributed by atoms with Gasteiger partial charge in [0.15, 0.2) is 0 Å². The first kappa shape index (κ1) is 14.3.